The van der Waals surface area contributed by atoms with Gasteiger partial charge in [0.25, 0.3) is 0 Å². The molecule has 0 aromatic rings. The van der Waals surface area contributed by atoms with Crippen molar-refractivity contribution in [1.82, 2.24) is 9.80 Å². The van der Waals surface area contributed by atoms with Crippen LogP contribution < -0.4 is 5.73 Å². The molecule has 2 aliphatic rings. The highest BCUT2D eigenvalue weighted by Gasteiger charge is 2.33. The Balaban J connectivity index is 1.66. The molecule has 1 amide bonds. The minimum atomic E-state index is 0.292. The minimum absolute atomic E-state index is 0.292. The zero-order valence-corrected chi connectivity index (χ0v) is 13.2. The van der Waals surface area contributed by atoms with E-state index in [9.17, 15) is 4.79 Å². The number of amides is 1. The maximum absolute atomic E-state index is 12.2. The summed E-state index contributed by atoms with van der Waals surface area (Å²) in [7, 11) is 0. The highest BCUT2D eigenvalue weighted by molar-refractivity contribution is 7.80. The van der Waals surface area contributed by atoms with Gasteiger partial charge < -0.3 is 15.5 Å². The minimum Gasteiger partial charge on any atom is -0.393 e. The van der Waals surface area contributed by atoms with Crippen LogP contribution >= 0.6 is 12.2 Å². The second kappa shape index (κ2) is 7.93. The van der Waals surface area contributed by atoms with Crippen LogP contribution in [0.2, 0.25) is 0 Å². The molecule has 0 unspecified atom stereocenters. The second-order valence-electron chi connectivity index (χ2n) is 6.07. The highest BCUT2D eigenvalue weighted by Crippen LogP contribution is 2.31. The molecule has 2 fully saturated rings. The monoisotopic (exact) mass is 297 g/mol. The van der Waals surface area contributed by atoms with Gasteiger partial charge in [-0.15, -0.1) is 0 Å². The summed E-state index contributed by atoms with van der Waals surface area (Å²) in [5.41, 5.74) is 5.56. The van der Waals surface area contributed by atoms with Crippen molar-refractivity contribution in [3.63, 3.8) is 0 Å². The molecule has 0 bridgehead atoms. The number of carbonyl (C=O) groups excluding carboxylic acids is 1. The zero-order chi connectivity index (χ0) is 14.4. The van der Waals surface area contributed by atoms with Gasteiger partial charge in [-0.25, -0.2) is 0 Å². The molecular formula is C15H27N3OS. The van der Waals surface area contributed by atoms with Gasteiger partial charge in [0.15, 0.2) is 0 Å². The molecule has 0 spiro atoms. The number of rotatable bonds is 9. The largest absolute Gasteiger partial charge is 0.393 e. The summed E-state index contributed by atoms with van der Waals surface area (Å²) in [4.78, 5) is 17.2. The van der Waals surface area contributed by atoms with Crippen LogP contribution in [-0.2, 0) is 4.79 Å². The number of unbranched alkanes of at least 4 members (excludes halogenated alkanes) is 1. The van der Waals surface area contributed by atoms with Gasteiger partial charge >= 0.3 is 0 Å². The summed E-state index contributed by atoms with van der Waals surface area (Å²) < 4.78 is 0. The highest BCUT2D eigenvalue weighted by atomic mass is 32.1. The molecule has 1 saturated carbocycles. The summed E-state index contributed by atoms with van der Waals surface area (Å²) in [6, 6.07) is 0. The molecule has 2 N–H and O–H groups in total. The number of hydrogen-bond donors (Lipinski definition) is 1. The fraction of sp³-hybridized carbons (Fsp3) is 0.867. The van der Waals surface area contributed by atoms with Crippen molar-refractivity contribution in [2.24, 2.45) is 11.7 Å². The average molecular weight is 297 g/mol. The van der Waals surface area contributed by atoms with Crippen molar-refractivity contribution >= 4 is 23.1 Å². The molecule has 4 nitrogen and oxygen atoms in total. The summed E-state index contributed by atoms with van der Waals surface area (Å²) >= 11 is 4.92. The first-order chi connectivity index (χ1) is 9.66. The fourth-order valence-corrected chi connectivity index (χ4v) is 2.90. The SMILES string of the molecule is NC(=S)CCN(CCCCN1CCCC1)C(=O)C1CC1. The van der Waals surface area contributed by atoms with Crippen LogP contribution in [0.5, 0.6) is 0 Å². The van der Waals surface area contributed by atoms with Crippen molar-refractivity contribution in [1.29, 1.82) is 0 Å². The van der Waals surface area contributed by atoms with Crippen LogP contribution in [0.15, 0.2) is 0 Å². The van der Waals surface area contributed by atoms with E-state index in [1.165, 1.54) is 38.9 Å². The van der Waals surface area contributed by atoms with Crippen LogP contribution in [0.25, 0.3) is 0 Å². The van der Waals surface area contributed by atoms with Crippen molar-refractivity contribution in [2.45, 2.75) is 44.9 Å². The van der Waals surface area contributed by atoms with Crippen molar-refractivity contribution in [2.75, 3.05) is 32.7 Å². The third kappa shape index (κ3) is 5.37. The van der Waals surface area contributed by atoms with Gasteiger partial charge in [0.2, 0.25) is 5.91 Å². The van der Waals surface area contributed by atoms with Crippen LogP contribution in [0.4, 0.5) is 0 Å². The van der Waals surface area contributed by atoms with E-state index in [0.29, 0.717) is 29.8 Å². The normalized spacial score (nSPS) is 19.2. The maximum Gasteiger partial charge on any atom is 0.225 e. The van der Waals surface area contributed by atoms with Gasteiger partial charge in [-0.1, -0.05) is 12.2 Å². The van der Waals surface area contributed by atoms with Crippen LogP contribution in [0.1, 0.15) is 44.9 Å². The molecule has 0 radical (unpaired) electrons. The first-order valence-electron chi connectivity index (χ1n) is 7.96. The standard InChI is InChI=1S/C15H27N3OS/c16-14(20)7-12-18(15(19)13-5-6-13)11-4-3-10-17-8-1-2-9-17/h13H,1-12H2,(H2,16,20). The summed E-state index contributed by atoms with van der Waals surface area (Å²) in [5.74, 6) is 0.613. The first kappa shape index (κ1) is 15.7. The first-order valence-corrected chi connectivity index (χ1v) is 8.37. The number of nitrogens with zero attached hydrogens (tertiary/aromatic N) is 2. The lowest BCUT2D eigenvalue weighted by Crippen LogP contribution is -2.36. The summed E-state index contributed by atoms with van der Waals surface area (Å²) in [6.07, 6.45) is 7.75. The van der Waals surface area contributed by atoms with Crippen LogP contribution in [0, 0.1) is 5.92 Å². The Hall–Kier alpha value is -0.680. The molecule has 5 heteroatoms. The molecule has 0 aromatic carbocycles. The Bertz CT molecular complexity index is 338. The predicted octanol–water partition coefficient (Wildman–Crippen LogP) is 1.78. The summed E-state index contributed by atoms with van der Waals surface area (Å²) in [5, 5.41) is 0. The Morgan fingerprint density at radius 3 is 2.50 bits per heavy atom. The third-order valence-corrected chi connectivity index (χ3v) is 4.42. The molecule has 114 valence electrons. The third-order valence-electron chi connectivity index (χ3n) is 4.22. The Labute approximate surface area is 127 Å². The molecule has 2 rings (SSSR count). The van der Waals surface area contributed by atoms with E-state index in [1.54, 1.807) is 0 Å². The smallest absolute Gasteiger partial charge is 0.225 e. The summed E-state index contributed by atoms with van der Waals surface area (Å²) in [6.45, 7) is 5.26. The van der Waals surface area contributed by atoms with E-state index < -0.39 is 0 Å². The van der Waals surface area contributed by atoms with Gasteiger partial charge in [-0.2, -0.15) is 0 Å². The van der Waals surface area contributed by atoms with E-state index >= 15 is 0 Å². The Kier molecular flexibility index (Phi) is 6.23. The van der Waals surface area contributed by atoms with Gasteiger partial charge in [0.1, 0.15) is 0 Å². The topological polar surface area (TPSA) is 49.6 Å². The van der Waals surface area contributed by atoms with Crippen molar-refractivity contribution in [3.8, 4) is 0 Å². The number of nitrogens with two attached hydrogens (primary N) is 1. The quantitative estimate of drug-likeness (QED) is 0.520. The van der Waals surface area contributed by atoms with Crippen LogP contribution in [-0.4, -0.2) is 53.4 Å². The van der Waals surface area contributed by atoms with Crippen LogP contribution in [0.3, 0.4) is 0 Å². The maximum atomic E-state index is 12.2. The van der Waals surface area contributed by atoms with E-state index in [2.05, 4.69) is 4.90 Å². The van der Waals surface area contributed by atoms with Gasteiger partial charge in [0.05, 0.1) is 4.99 Å². The fourth-order valence-electron chi connectivity index (χ4n) is 2.81. The zero-order valence-electron chi connectivity index (χ0n) is 12.4. The van der Waals surface area contributed by atoms with Gasteiger partial charge in [-0.05, 0) is 58.2 Å². The second-order valence-corrected chi connectivity index (χ2v) is 6.60. The van der Waals surface area contributed by atoms with Crippen molar-refractivity contribution < 1.29 is 4.79 Å². The van der Waals surface area contributed by atoms with Gasteiger partial charge in [0, 0.05) is 25.4 Å². The number of likely N-dealkylation sites (tertiary alicyclic amines) is 1. The van der Waals surface area contributed by atoms with E-state index in [0.717, 1.165) is 25.8 Å². The molecule has 0 atom stereocenters. The molecule has 1 heterocycles. The Morgan fingerprint density at radius 2 is 1.90 bits per heavy atom. The van der Waals surface area contributed by atoms with E-state index in [1.807, 2.05) is 4.90 Å². The number of thiocarbonyl (C=S) groups is 1. The predicted molar refractivity (Wildman–Crippen MR) is 85.6 cm³/mol. The molecule has 20 heavy (non-hydrogen) atoms. The lowest BCUT2D eigenvalue weighted by molar-refractivity contribution is -0.132. The number of carbonyl (C=O) groups is 1. The van der Waals surface area contributed by atoms with Crippen molar-refractivity contribution in [3.05, 3.63) is 0 Å². The van der Waals surface area contributed by atoms with Gasteiger partial charge in [-0.3, -0.25) is 4.79 Å². The molecule has 0 aromatic heterocycles. The Morgan fingerprint density at radius 1 is 1.20 bits per heavy atom. The lowest BCUT2D eigenvalue weighted by atomic mass is 10.2. The molecule has 1 aliphatic heterocycles. The lowest BCUT2D eigenvalue weighted by Gasteiger charge is -2.23. The number of hydrogen-bond acceptors (Lipinski definition) is 3. The molecule has 1 aliphatic carbocycles. The van der Waals surface area contributed by atoms with E-state index in [4.69, 9.17) is 18.0 Å². The molecule has 1 saturated heterocycles. The molecular weight excluding hydrogens is 270 g/mol. The van der Waals surface area contributed by atoms with E-state index in [-0.39, 0.29) is 0 Å². The average Bonchev–Trinajstić information content (AvgIpc) is 3.14.